The molecule has 0 radical (unpaired) electrons. The Balaban J connectivity index is 1.93. The third-order valence-electron chi connectivity index (χ3n) is 5.90. The molecule has 0 saturated heterocycles. The molecule has 0 spiro atoms. The van der Waals surface area contributed by atoms with Crippen molar-refractivity contribution in [1.29, 1.82) is 5.26 Å². The highest BCUT2D eigenvalue weighted by molar-refractivity contribution is 8.01. The first-order chi connectivity index (χ1) is 15.3. The zero-order valence-electron chi connectivity index (χ0n) is 18.8. The van der Waals surface area contributed by atoms with Gasteiger partial charge in [0.2, 0.25) is 5.13 Å². The van der Waals surface area contributed by atoms with Crippen LogP contribution in [-0.2, 0) is 4.79 Å². The van der Waals surface area contributed by atoms with E-state index in [1.807, 2.05) is 36.1 Å². The second-order valence-corrected chi connectivity index (χ2v) is 11.3. The number of thioether (sulfide) groups is 1. The van der Waals surface area contributed by atoms with Gasteiger partial charge in [0.1, 0.15) is 5.82 Å². The number of hydrogen-bond donors (Lipinski definition) is 1. The largest absolute Gasteiger partial charge is 0.384 e. The lowest BCUT2D eigenvalue weighted by atomic mass is 9.68. The van der Waals surface area contributed by atoms with E-state index in [9.17, 15) is 10.1 Å². The zero-order valence-corrected chi connectivity index (χ0v) is 20.4. The van der Waals surface area contributed by atoms with Crippen LogP contribution in [0.15, 0.2) is 51.3 Å². The number of ketones is 1. The highest BCUT2D eigenvalue weighted by atomic mass is 32.2. The Morgan fingerprint density at radius 3 is 2.75 bits per heavy atom. The van der Waals surface area contributed by atoms with Crippen molar-refractivity contribution in [2.24, 2.45) is 11.1 Å². The van der Waals surface area contributed by atoms with Crippen molar-refractivity contribution in [3.05, 3.63) is 58.1 Å². The fourth-order valence-electron chi connectivity index (χ4n) is 4.49. The first-order valence-corrected chi connectivity index (χ1v) is 12.6. The summed E-state index contributed by atoms with van der Waals surface area (Å²) in [5, 5.41) is 19.5. The van der Waals surface area contributed by atoms with Crippen molar-refractivity contribution in [3.63, 3.8) is 0 Å². The smallest absolute Gasteiger partial charge is 0.219 e. The van der Waals surface area contributed by atoms with Crippen LogP contribution in [0, 0.1) is 23.7 Å². The molecule has 1 aliphatic heterocycles. The maximum atomic E-state index is 13.5. The van der Waals surface area contributed by atoms with E-state index in [0.717, 1.165) is 33.3 Å². The predicted molar refractivity (Wildman–Crippen MR) is 129 cm³/mol. The molecule has 8 heteroatoms. The van der Waals surface area contributed by atoms with Gasteiger partial charge in [-0.05, 0) is 36.3 Å². The van der Waals surface area contributed by atoms with Gasteiger partial charge in [-0.15, -0.1) is 10.2 Å². The van der Waals surface area contributed by atoms with Crippen LogP contribution in [0.1, 0.15) is 57.1 Å². The molecule has 4 rings (SSSR count). The van der Waals surface area contributed by atoms with E-state index in [1.54, 1.807) is 11.8 Å². The maximum absolute atomic E-state index is 13.5. The zero-order chi connectivity index (χ0) is 23.0. The van der Waals surface area contributed by atoms with Crippen LogP contribution in [0.25, 0.3) is 0 Å². The Morgan fingerprint density at radius 2 is 2.06 bits per heavy atom. The number of carbonyl (C=O) groups excluding carboxylic acids is 1. The maximum Gasteiger partial charge on any atom is 0.219 e. The lowest BCUT2D eigenvalue weighted by Crippen LogP contribution is -2.42. The number of carbonyl (C=O) groups is 1. The summed E-state index contributed by atoms with van der Waals surface area (Å²) in [4.78, 5) is 15.4. The molecule has 1 atom stereocenters. The minimum atomic E-state index is -0.460. The van der Waals surface area contributed by atoms with Crippen LogP contribution in [-0.4, -0.2) is 21.7 Å². The number of aryl methyl sites for hydroxylation is 1. The average Bonchev–Trinajstić information content (AvgIpc) is 3.19. The first kappa shape index (κ1) is 22.6. The third kappa shape index (κ3) is 3.96. The topological polar surface area (TPSA) is 95.9 Å². The Bertz CT molecular complexity index is 1170. The molecule has 2 aromatic rings. The first-order valence-electron chi connectivity index (χ1n) is 10.8. The van der Waals surface area contributed by atoms with E-state index in [-0.39, 0.29) is 11.2 Å². The Hall–Kier alpha value is -2.63. The number of aromatic nitrogens is 2. The van der Waals surface area contributed by atoms with Crippen LogP contribution in [0.5, 0.6) is 0 Å². The number of nitrogens with two attached hydrogens (primary N) is 1. The number of hydrogen-bond acceptors (Lipinski definition) is 8. The fraction of sp³-hybridized carbons (Fsp3) is 0.417. The molecule has 2 heterocycles. The molecule has 1 aromatic carbocycles. The molecule has 1 aliphatic carbocycles. The monoisotopic (exact) mass is 465 g/mol. The SMILES string of the molecule is CCCSc1nnc(N2C(N)=C(C#N)C(c3ccccc3C)C3=C2CC(C)(C)CC3=O)s1. The van der Waals surface area contributed by atoms with Gasteiger partial charge in [-0.3, -0.25) is 9.69 Å². The van der Waals surface area contributed by atoms with Crippen molar-refractivity contribution < 1.29 is 4.79 Å². The van der Waals surface area contributed by atoms with Crippen LogP contribution in [0.4, 0.5) is 5.13 Å². The highest BCUT2D eigenvalue weighted by Crippen LogP contribution is 2.51. The fourth-order valence-corrected chi connectivity index (χ4v) is 6.30. The summed E-state index contributed by atoms with van der Waals surface area (Å²) < 4.78 is 0.859. The summed E-state index contributed by atoms with van der Waals surface area (Å²) in [6, 6.07) is 10.2. The van der Waals surface area contributed by atoms with Crippen molar-refractivity contribution in [1.82, 2.24) is 10.2 Å². The van der Waals surface area contributed by atoms with Gasteiger partial charge in [-0.1, -0.05) is 68.1 Å². The van der Waals surface area contributed by atoms with E-state index in [1.165, 1.54) is 11.3 Å². The quantitative estimate of drug-likeness (QED) is 0.599. The minimum absolute atomic E-state index is 0.0693. The Labute approximate surface area is 197 Å². The van der Waals surface area contributed by atoms with E-state index in [2.05, 4.69) is 37.0 Å². The molecule has 2 N–H and O–H groups in total. The van der Waals surface area contributed by atoms with Crippen molar-refractivity contribution in [2.75, 3.05) is 10.7 Å². The molecule has 1 aromatic heterocycles. The normalized spacial score (nSPS) is 20.4. The lowest BCUT2D eigenvalue weighted by molar-refractivity contribution is -0.118. The van der Waals surface area contributed by atoms with Gasteiger partial charge in [0.05, 0.1) is 17.6 Å². The van der Waals surface area contributed by atoms with Crippen LogP contribution < -0.4 is 10.6 Å². The molecule has 2 aliphatic rings. The summed E-state index contributed by atoms with van der Waals surface area (Å²) in [5.41, 5.74) is 10.3. The number of nitriles is 1. The lowest BCUT2D eigenvalue weighted by Gasteiger charge is -2.42. The molecular weight excluding hydrogens is 438 g/mol. The molecule has 32 heavy (non-hydrogen) atoms. The number of allylic oxidation sites excluding steroid dienone is 3. The molecular formula is C24H27N5OS2. The van der Waals surface area contributed by atoms with E-state index in [4.69, 9.17) is 5.73 Å². The summed E-state index contributed by atoms with van der Waals surface area (Å²) in [5.74, 6) is 0.907. The van der Waals surface area contributed by atoms with Crippen LogP contribution >= 0.6 is 23.1 Å². The number of nitrogens with zero attached hydrogens (tertiary/aromatic N) is 4. The number of rotatable bonds is 5. The van der Waals surface area contributed by atoms with Gasteiger partial charge < -0.3 is 5.73 Å². The van der Waals surface area contributed by atoms with Gasteiger partial charge in [0, 0.05) is 23.4 Å². The molecule has 0 saturated carbocycles. The van der Waals surface area contributed by atoms with Gasteiger partial charge >= 0.3 is 0 Å². The van der Waals surface area contributed by atoms with Crippen LogP contribution in [0.2, 0.25) is 0 Å². The standard InChI is InChI=1S/C24H27N5OS2/c1-5-10-31-23-28-27-22(32-23)29-17-11-24(3,4)12-18(30)20(17)19(16(13-25)21(29)26)15-9-7-6-8-14(15)2/h6-9,19H,5,10-12,26H2,1-4H3. The highest BCUT2D eigenvalue weighted by Gasteiger charge is 2.45. The molecule has 0 amide bonds. The molecule has 166 valence electrons. The third-order valence-corrected chi connectivity index (χ3v) is 8.14. The van der Waals surface area contributed by atoms with Gasteiger partial charge in [-0.2, -0.15) is 5.26 Å². The Morgan fingerprint density at radius 1 is 1.31 bits per heavy atom. The number of benzene rings is 1. The number of Topliss-reactive ketones (excluding diaryl/α,β-unsaturated/α-hetero) is 1. The molecule has 0 bridgehead atoms. The van der Waals surface area contributed by atoms with Gasteiger partial charge in [-0.25, -0.2) is 0 Å². The van der Waals surface area contributed by atoms with Crippen molar-refractivity contribution in [3.8, 4) is 6.07 Å². The van der Waals surface area contributed by atoms with E-state index in [0.29, 0.717) is 34.9 Å². The number of anilines is 1. The van der Waals surface area contributed by atoms with Crippen LogP contribution in [0.3, 0.4) is 0 Å². The van der Waals surface area contributed by atoms with E-state index >= 15 is 0 Å². The molecule has 6 nitrogen and oxygen atoms in total. The minimum Gasteiger partial charge on any atom is -0.384 e. The molecule has 0 fully saturated rings. The van der Waals surface area contributed by atoms with Gasteiger partial charge in [0.25, 0.3) is 0 Å². The summed E-state index contributed by atoms with van der Waals surface area (Å²) in [6.07, 6.45) is 2.15. The summed E-state index contributed by atoms with van der Waals surface area (Å²) in [6.45, 7) is 8.32. The summed E-state index contributed by atoms with van der Waals surface area (Å²) in [7, 11) is 0. The van der Waals surface area contributed by atoms with E-state index < -0.39 is 5.92 Å². The second-order valence-electron chi connectivity index (χ2n) is 9.04. The average molecular weight is 466 g/mol. The van der Waals surface area contributed by atoms with Crippen molar-refractivity contribution >= 4 is 34.0 Å². The predicted octanol–water partition coefficient (Wildman–Crippen LogP) is 5.29. The van der Waals surface area contributed by atoms with Crippen molar-refractivity contribution in [2.45, 2.75) is 57.2 Å². The Kier molecular flexibility index (Phi) is 6.15. The molecule has 1 unspecified atom stereocenters. The summed E-state index contributed by atoms with van der Waals surface area (Å²) >= 11 is 3.11. The second kappa shape index (κ2) is 8.72. The van der Waals surface area contributed by atoms with Gasteiger partial charge in [0.15, 0.2) is 10.1 Å².